The lowest BCUT2D eigenvalue weighted by Gasteiger charge is -2.18. The number of aromatic carboxylic acids is 1. The van der Waals surface area contributed by atoms with E-state index in [1.165, 1.54) is 18.1 Å². The number of phenols is 1. The van der Waals surface area contributed by atoms with E-state index in [-0.39, 0.29) is 34.6 Å². The molecule has 11 nitrogen and oxygen atoms in total. The number of hydrogen-bond donors (Lipinski definition) is 5. The van der Waals surface area contributed by atoms with Crippen LogP contribution in [0.2, 0.25) is 0 Å². The lowest BCUT2D eigenvalue weighted by molar-refractivity contribution is -0.141. The molecule has 0 saturated carbocycles. The Morgan fingerprint density at radius 3 is 2.56 bits per heavy atom. The number of aromatic amines is 2. The predicted octanol–water partition coefficient (Wildman–Crippen LogP) is 7.45. The molecule has 0 spiro atoms. The normalized spacial score (nSPS) is 15.3. The van der Waals surface area contributed by atoms with Crippen molar-refractivity contribution in [2.75, 3.05) is 23.9 Å². The van der Waals surface area contributed by atoms with Crippen LogP contribution in [0.3, 0.4) is 0 Å². The zero-order chi connectivity index (χ0) is 34.2. The van der Waals surface area contributed by atoms with Gasteiger partial charge in [0.2, 0.25) is 0 Å². The Labute approximate surface area is 272 Å². The van der Waals surface area contributed by atoms with Gasteiger partial charge in [-0.25, -0.2) is 4.79 Å². The van der Waals surface area contributed by atoms with Crippen LogP contribution in [0.5, 0.6) is 11.5 Å². The van der Waals surface area contributed by atoms with Crippen molar-refractivity contribution >= 4 is 73.5 Å². The second-order valence-corrected chi connectivity index (χ2v) is 12.1. The van der Waals surface area contributed by atoms with Crippen LogP contribution in [0, 0.1) is 0 Å². The summed E-state index contributed by atoms with van der Waals surface area (Å²) in [6.45, 7) is 1.49. The van der Waals surface area contributed by atoms with E-state index in [0.717, 1.165) is 6.07 Å². The summed E-state index contributed by atoms with van der Waals surface area (Å²) >= 11 is 6.47. The number of benzene rings is 3. The highest BCUT2D eigenvalue weighted by Crippen LogP contribution is 2.50. The molecule has 3 aromatic heterocycles. The largest absolute Gasteiger partial charge is 0.506 e. The van der Waals surface area contributed by atoms with Gasteiger partial charge in [0.05, 0.1) is 23.9 Å². The Balaban J connectivity index is 1.23. The highest BCUT2D eigenvalue weighted by molar-refractivity contribution is 6.22. The van der Waals surface area contributed by atoms with Crippen molar-refractivity contribution in [3.05, 3.63) is 82.9 Å². The number of aromatic hydroxyl groups is 1. The minimum atomic E-state index is -5.06. The van der Waals surface area contributed by atoms with Gasteiger partial charge in [0.1, 0.15) is 17.1 Å². The molecule has 48 heavy (non-hydrogen) atoms. The first-order valence-corrected chi connectivity index (χ1v) is 14.9. The Kier molecular flexibility index (Phi) is 7.09. The van der Waals surface area contributed by atoms with Gasteiger partial charge in [0.15, 0.2) is 17.1 Å². The Morgan fingerprint density at radius 2 is 1.88 bits per heavy atom. The fraction of sp³-hybridized carbons (Fsp3) is 0.182. The highest BCUT2D eigenvalue weighted by atomic mass is 35.5. The molecule has 0 fully saturated rings. The van der Waals surface area contributed by atoms with Crippen LogP contribution in [0.1, 0.15) is 55.5 Å². The molecule has 7 rings (SSSR count). The van der Waals surface area contributed by atoms with Crippen LogP contribution in [0.25, 0.3) is 32.8 Å². The van der Waals surface area contributed by atoms with Crippen LogP contribution in [0.15, 0.2) is 59.0 Å². The molecule has 15 heteroatoms. The number of nitrogens with zero attached hydrogens (tertiary/aromatic N) is 1. The quantitative estimate of drug-likeness (QED) is 0.114. The number of H-pyrrole nitrogens is 2. The van der Waals surface area contributed by atoms with Crippen molar-refractivity contribution in [3.8, 4) is 11.5 Å². The number of nitrogens with one attached hydrogen (secondary N) is 3. The second kappa shape index (κ2) is 11.0. The van der Waals surface area contributed by atoms with Crippen molar-refractivity contribution in [1.82, 2.24) is 9.97 Å². The minimum absolute atomic E-state index is 0.0341. The van der Waals surface area contributed by atoms with E-state index in [9.17, 15) is 37.8 Å². The van der Waals surface area contributed by atoms with Gasteiger partial charge in [-0.2, -0.15) is 13.2 Å². The number of carbonyl (C=O) groups excluding carboxylic acids is 2. The number of alkyl halides is 4. The number of hydrogen-bond acceptors (Lipinski definition) is 6. The maximum atomic E-state index is 13.9. The number of aromatic nitrogens is 2. The van der Waals surface area contributed by atoms with Crippen LogP contribution < -0.4 is 15.0 Å². The van der Waals surface area contributed by atoms with E-state index in [1.54, 1.807) is 49.4 Å². The lowest BCUT2D eigenvalue weighted by Crippen LogP contribution is -2.31. The minimum Gasteiger partial charge on any atom is -0.506 e. The zero-order valence-electron chi connectivity index (χ0n) is 25.0. The van der Waals surface area contributed by atoms with Crippen LogP contribution in [-0.2, 0) is 6.18 Å². The third-order valence-corrected chi connectivity index (χ3v) is 8.78. The fourth-order valence-electron chi connectivity index (χ4n) is 6.32. The molecule has 6 aromatic rings. The van der Waals surface area contributed by atoms with Gasteiger partial charge in [-0.15, -0.1) is 11.6 Å². The van der Waals surface area contributed by atoms with E-state index in [0.29, 0.717) is 33.3 Å². The molecule has 0 bridgehead atoms. The number of carboxylic acids is 1. The van der Waals surface area contributed by atoms with Crippen LogP contribution in [0.4, 0.5) is 24.5 Å². The number of phenolic OH excluding ortho intramolecular Hbond substituents is 1. The SMILES string of the molecule is COc1cccc2cc(C(=O)Nc3ccc4[nH]c(C(=O)N5C[C@@H](C(C)Cl)c6c5cc(O)c5[nH]c(C(F)(F)F)c(C(=O)O)c65)cc4c3)oc12. The summed E-state index contributed by atoms with van der Waals surface area (Å²) in [4.78, 5) is 45.4. The van der Waals surface area contributed by atoms with E-state index in [4.69, 9.17) is 20.8 Å². The monoisotopic (exact) mass is 680 g/mol. The Morgan fingerprint density at radius 1 is 1.10 bits per heavy atom. The summed E-state index contributed by atoms with van der Waals surface area (Å²) in [5.74, 6) is -3.87. The number of rotatable bonds is 6. The molecule has 5 N–H and O–H groups in total. The van der Waals surface area contributed by atoms with Gasteiger partial charge >= 0.3 is 12.1 Å². The molecule has 2 amide bonds. The van der Waals surface area contributed by atoms with E-state index >= 15 is 0 Å². The first-order chi connectivity index (χ1) is 22.8. The molecular weight excluding hydrogens is 657 g/mol. The summed E-state index contributed by atoms with van der Waals surface area (Å²) < 4.78 is 52.6. The van der Waals surface area contributed by atoms with Crippen molar-refractivity contribution in [1.29, 1.82) is 0 Å². The van der Waals surface area contributed by atoms with Crippen LogP contribution >= 0.6 is 11.6 Å². The Hall–Kier alpha value is -5.63. The van der Waals surface area contributed by atoms with Crippen LogP contribution in [-0.4, -0.2) is 57.0 Å². The second-order valence-electron chi connectivity index (χ2n) is 11.4. The molecule has 1 aliphatic rings. The van der Waals surface area contributed by atoms with Gasteiger partial charge in [-0.3, -0.25) is 9.59 Å². The zero-order valence-corrected chi connectivity index (χ0v) is 25.7. The topological polar surface area (TPSA) is 161 Å². The van der Waals surface area contributed by atoms with Gasteiger partial charge in [0, 0.05) is 51.3 Å². The predicted molar refractivity (Wildman–Crippen MR) is 171 cm³/mol. The summed E-state index contributed by atoms with van der Waals surface area (Å²) in [6, 6.07) is 14.4. The van der Waals surface area contributed by atoms with Gasteiger partial charge in [0.25, 0.3) is 11.8 Å². The molecule has 246 valence electrons. The fourth-order valence-corrected chi connectivity index (χ4v) is 6.53. The lowest BCUT2D eigenvalue weighted by atomic mass is 9.92. The maximum absolute atomic E-state index is 13.9. The highest BCUT2D eigenvalue weighted by Gasteiger charge is 2.44. The van der Waals surface area contributed by atoms with Gasteiger partial charge < -0.3 is 39.6 Å². The number of fused-ring (bicyclic) bond motifs is 5. The molecular formula is C33H24ClF3N4O7. The number of furan rings is 1. The molecule has 1 unspecified atom stereocenters. The van der Waals surface area contributed by atoms with Crippen molar-refractivity contribution in [3.63, 3.8) is 0 Å². The molecule has 0 radical (unpaired) electrons. The third-order valence-electron chi connectivity index (χ3n) is 8.47. The summed E-state index contributed by atoms with van der Waals surface area (Å²) in [5.41, 5.74) is -1.42. The first kappa shape index (κ1) is 31.0. The number of carboxylic acid groups (broad SMARTS) is 1. The van der Waals surface area contributed by atoms with Crippen molar-refractivity contribution in [2.45, 2.75) is 24.4 Å². The molecule has 2 atom stereocenters. The number of methoxy groups -OCH3 is 1. The van der Waals surface area contributed by atoms with Crippen molar-refractivity contribution < 1.29 is 46.9 Å². The van der Waals surface area contributed by atoms with Gasteiger partial charge in [-0.1, -0.05) is 12.1 Å². The number of ether oxygens (including phenoxy) is 1. The number of carbonyl (C=O) groups is 3. The summed E-state index contributed by atoms with van der Waals surface area (Å²) in [5, 5.41) is 23.5. The van der Waals surface area contributed by atoms with E-state index < -0.39 is 57.8 Å². The number of halogens is 4. The third kappa shape index (κ3) is 4.87. The molecule has 4 heterocycles. The van der Waals surface area contributed by atoms with E-state index in [2.05, 4.69) is 10.3 Å². The van der Waals surface area contributed by atoms with Gasteiger partial charge in [-0.05, 0) is 48.9 Å². The average Bonchev–Trinajstić information content (AvgIpc) is 3.81. The first-order valence-electron chi connectivity index (χ1n) is 14.5. The number of amides is 2. The van der Waals surface area contributed by atoms with E-state index in [1.807, 2.05) is 4.98 Å². The molecule has 0 saturated heterocycles. The smallest absolute Gasteiger partial charge is 0.432 e. The standard InChI is InChI=1S/C33H24ClF3N4O7/c1-13(34)17-12-41(20-11-21(42)27-25(24(17)20)26(32(45)46)29(40-27)33(35,36)37)31(44)19-9-15-8-16(6-7-18(15)39-19)38-30(43)23-10-14-4-3-5-22(47-2)28(14)48-23/h3-11,13,17,39-40,42H,12H2,1-2H3,(H,38,43)(H,45,46)/t13?,17-/m0/s1. The number of para-hydroxylation sites is 1. The number of anilines is 2. The summed E-state index contributed by atoms with van der Waals surface area (Å²) in [6.07, 6.45) is -5.06. The summed E-state index contributed by atoms with van der Waals surface area (Å²) in [7, 11) is 1.49. The molecule has 0 aliphatic carbocycles. The molecule has 1 aliphatic heterocycles. The maximum Gasteiger partial charge on any atom is 0.432 e. The molecule has 3 aromatic carbocycles. The Bertz CT molecular complexity index is 2320. The van der Waals surface area contributed by atoms with Crippen molar-refractivity contribution in [2.24, 2.45) is 0 Å². The average molecular weight is 681 g/mol.